The maximum absolute atomic E-state index is 3.59. The molecular weight excluding hydrogens is 270 g/mol. The van der Waals surface area contributed by atoms with Gasteiger partial charge in [-0.2, -0.15) is 0 Å². The van der Waals surface area contributed by atoms with Crippen molar-refractivity contribution in [2.24, 2.45) is 5.92 Å². The number of thiophene rings is 1. The highest BCUT2D eigenvalue weighted by molar-refractivity contribution is 9.10. The van der Waals surface area contributed by atoms with E-state index in [4.69, 9.17) is 0 Å². The van der Waals surface area contributed by atoms with Crippen LogP contribution in [0.2, 0.25) is 0 Å². The molecule has 15 heavy (non-hydrogen) atoms. The van der Waals surface area contributed by atoms with E-state index in [1.165, 1.54) is 15.8 Å². The molecule has 0 aliphatic rings. The van der Waals surface area contributed by atoms with Gasteiger partial charge < -0.3 is 5.32 Å². The van der Waals surface area contributed by atoms with Crippen LogP contribution in [0.5, 0.6) is 0 Å². The molecule has 0 fully saturated rings. The lowest BCUT2D eigenvalue weighted by Crippen LogP contribution is -2.21. The van der Waals surface area contributed by atoms with E-state index in [9.17, 15) is 0 Å². The maximum atomic E-state index is 3.59. The van der Waals surface area contributed by atoms with E-state index in [1.807, 2.05) is 11.3 Å². The van der Waals surface area contributed by atoms with Gasteiger partial charge in [0, 0.05) is 9.35 Å². The Morgan fingerprint density at radius 1 is 1.40 bits per heavy atom. The van der Waals surface area contributed by atoms with Crippen molar-refractivity contribution in [3.05, 3.63) is 20.8 Å². The second-order valence-electron chi connectivity index (χ2n) is 4.42. The summed E-state index contributed by atoms with van der Waals surface area (Å²) in [6, 6.07) is 2.14. The van der Waals surface area contributed by atoms with Crippen molar-refractivity contribution in [1.29, 1.82) is 0 Å². The Balaban J connectivity index is 2.25. The first-order valence-corrected chi connectivity index (χ1v) is 7.22. The normalized spacial score (nSPS) is 13.4. The van der Waals surface area contributed by atoms with E-state index in [2.05, 4.69) is 53.5 Å². The summed E-state index contributed by atoms with van der Waals surface area (Å²) in [5.74, 6) is 1.40. The molecule has 1 nitrogen and oxygen atoms in total. The summed E-state index contributed by atoms with van der Waals surface area (Å²) in [5, 5.41) is 5.64. The van der Waals surface area contributed by atoms with Crippen molar-refractivity contribution < 1.29 is 0 Å². The first-order chi connectivity index (χ1) is 7.11. The molecule has 0 aliphatic heterocycles. The third kappa shape index (κ3) is 4.66. The molecule has 0 radical (unpaired) electrons. The molecule has 0 bridgehead atoms. The standard InChI is InChI=1S/C12H20BrNS/c1-9(2)8-14-6-4-10(3)12-11(13)5-7-15-12/h5,7,9-10,14H,4,6,8H2,1-3H3. The van der Waals surface area contributed by atoms with Crippen LogP contribution in [0, 0.1) is 5.92 Å². The molecule has 1 aromatic heterocycles. The van der Waals surface area contributed by atoms with E-state index in [0.29, 0.717) is 5.92 Å². The van der Waals surface area contributed by atoms with Crippen LogP contribution in [-0.4, -0.2) is 13.1 Å². The van der Waals surface area contributed by atoms with E-state index < -0.39 is 0 Å². The number of rotatable bonds is 6. The summed E-state index contributed by atoms with van der Waals surface area (Å²) in [5.41, 5.74) is 0. The second-order valence-corrected chi connectivity index (χ2v) is 6.22. The van der Waals surface area contributed by atoms with E-state index in [1.54, 1.807) is 0 Å². The van der Waals surface area contributed by atoms with E-state index in [0.717, 1.165) is 19.0 Å². The Hall–Kier alpha value is 0.140. The molecule has 0 aliphatic carbocycles. The van der Waals surface area contributed by atoms with Gasteiger partial charge in [0.2, 0.25) is 0 Å². The highest BCUT2D eigenvalue weighted by Gasteiger charge is 2.10. The largest absolute Gasteiger partial charge is 0.316 e. The molecule has 0 amide bonds. The molecule has 0 saturated heterocycles. The SMILES string of the molecule is CC(C)CNCCC(C)c1sccc1Br. The summed E-state index contributed by atoms with van der Waals surface area (Å²) >= 11 is 5.44. The second kappa shape index (κ2) is 6.66. The number of halogens is 1. The molecule has 1 N–H and O–H groups in total. The summed E-state index contributed by atoms with van der Waals surface area (Å²) in [6.07, 6.45) is 1.21. The van der Waals surface area contributed by atoms with Crippen molar-refractivity contribution in [2.45, 2.75) is 33.1 Å². The van der Waals surface area contributed by atoms with Crippen LogP contribution in [0.25, 0.3) is 0 Å². The van der Waals surface area contributed by atoms with Gasteiger partial charge in [-0.1, -0.05) is 20.8 Å². The lowest BCUT2D eigenvalue weighted by atomic mass is 10.1. The Morgan fingerprint density at radius 3 is 2.67 bits per heavy atom. The highest BCUT2D eigenvalue weighted by atomic mass is 79.9. The fourth-order valence-corrected chi connectivity index (χ4v) is 3.36. The lowest BCUT2D eigenvalue weighted by molar-refractivity contribution is 0.526. The molecule has 1 aromatic rings. The Bertz CT molecular complexity index is 283. The smallest absolute Gasteiger partial charge is 0.0317 e. The molecule has 3 heteroatoms. The third-order valence-electron chi connectivity index (χ3n) is 2.40. The van der Waals surface area contributed by atoms with Crippen LogP contribution in [0.1, 0.15) is 38.0 Å². The van der Waals surface area contributed by atoms with Gasteiger partial charge in [-0.25, -0.2) is 0 Å². The molecule has 0 saturated carbocycles. The molecular formula is C12H20BrNS. The van der Waals surface area contributed by atoms with E-state index in [-0.39, 0.29) is 0 Å². The predicted molar refractivity (Wildman–Crippen MR) is 72.8 cm³/mol. The van der Waals surface area contributed by atoms with Crippen molar-refractivity contribution in [1.82, 2.24) is 5.32 Å². The minimum Gasteiger partial charge on any atom is -0.316 e. The van der Waals surface area contributed by atoms with Gasteiger partial charge in [-0.05, 0) is 58.7 Å². The fourth-order valence-electron chi connectivity index (χ4n) is 1.50. The van der Waals surface area contributed by atoms with Crippen LogP contribution in [0.15, 0.2) is 15.9 Å². The van der Waals surface area contributed by atoms with Crippen molar-refractivity contribution in [3.63, 3.8) is 0 Å². The van der Waals surface area contributed by atoms with Gasteiger partial charge in [0.25, 0.3) is 0 Å². The Morgan fingerprint density at radius 2 is 2.13 bits per heavy atom. The van der Waals surface area contributed by atoms with Gasteiger partial charge in [0.05, 0.1) is 0 Å². The lowest BCUT2D eigenvalue weighted by Gasteiger charge is -2.12. The van der Waals surface area contributed by atoms with Crippen LogP contribution >= 0.6 is 27.3 Å². The third-order valence-corrected chi connectivity index (χ3v) is 4.50. The first kappa shape index (κ1) is 13.2. The molecule has 0 spiro atoms. The average molecular weight is 290 g/mol. The summed E-state index contributed by atoms with van der Waals surface area (Å²) in [7, 11) is 0. The first-order valence-electron chi connectivity index (χ1n) is 5.55. The monoisotopic (exact) mass is 289 g/mol. The fraction of sp³-hybridized carbons (Fsp3) is 0.667. The van der Waals surface area contributed by atoms with Gasteiger partial charge in [-0.15, -0.1) is 11.3 Å². The molecule has 0 aromatic carbocycles. The molecule has 86 valence electrons. The summed E-state index contributed by atoms with van der Waals surface area (Å²) in [6.45, 7) is 9.02. The van der Waals surface area contributed by atoms with Crippen molar-refractivity contribution in [3.8, 4) is 0 Å². The summed E-state index contributed by atoms with van der Waals surface area (Å²) in [4.78, 5) is 1.47. The molecule has 1 rings (SSSR count). The zero-order valence-corrected chi connectivity index (χ0v) is 12.1. The Kier molecular flexibility index (Phi) is 5.87. The van der Waals surface area contributed by atoms with Gasteiger partial charge in [-0.3, -0.25) is 0 Å². The topological polar surface area (TPSA) is 12.0 Å². The minimum absolute atomic E-state index is 0.652. The zero-order chi connectivity index (χ0) is 11.3. The molecule has 1 unspecified atom stereocenters. The van der Waals surface area contributed by atoms with E-state index >= 15 is 0 Å². The van der Waals surface area contributed by atoms with Crippen LogP contribution in [0.4, 0.5) is 0 Å². The average Bonchev–Trinajstić information content (AvgIpc) is 2.58. The zero-order valence-electron chi connectivity index (χ0n) is 9.72. The molecule has 1 atom stereocenters. The quantitative estimate of drug-likeness (QED) is 0.772. The number of hydrogen-bond acceptors (Lipinski definition) is 2. The minimum atomic E-state index is 0.652. The highest BCUT2D eigenvalue weighted by Crippen LogP contribution is 2.31. The van der Waals surface area contributed by atoms with Gasteiger partial charge in [0.1, 0.15) is 0 Å². The summed E-state index contributed by atoms with van der Waals surface area (Å²) < 4.78 is 1.27. The van der Waals surface area contributed by atoms with Crippen molar-refractivity contribution in [2.75, 3.05) is 13.1 Å². The van der Waals surface area contributed by atoms with Crippen LogP contribution < -0.4 is 5.32 Å². The molecule has 1 heterocycles. The van der Waals surface area contributed by atoms with Crippen LogP contribution in [-0.2, 0) is 0 Å². The Labute approximate surface area is 105 Å². The number of hydrogen-bond donors (Lipinski definition) is 1. The van der Waals surface area contributed by atoms with Gasteiger partial charge in [0.15, 0.2) is 0 Å². The van der Waals surface area contributed by atoms with Crippen molar-refractivity contribution >= 4 is 27.3 Å². The maximum Gasteiger partial charge on any atom is 0.0317 e. The number of nitrogens with one attached hydrogen (secondary N) is 1. The van der Waals surface area contributed by atoms with Crippen LogP contribution in [0.3, 0.4) is 0 Å². The predicted octanol–water partition coefficient (Wildman–Crippen LogP) is 4.25. The van der Waals surface area contributed by atoms with Gasteiger partial charge >= 0.3 is 0 Å².